The molecule has 2 aromatic rings. The number of ether oxygens (including phenoxy) is 1. The van der Waals surface area contributed by atoms with E-state index in [-0.39, 0.29) is 12.5 Å². The van der Waals surface area contributed by atoms with E-state index in [1.165, 1.54) is 5.56 Å². The van der Waals surface area contributed by atoms with Gasteiger partial charge in [-0.15, -0.1) is 0 Å². The average molecular weight is 326 g/mol. The van der Waals surface area contributed by atoms with E-state index in [1.807, 2.05) is 30.3 Å². The molecule has 0 radical (unpaired) electrons. The minimum atomic E-state index is -0.489. The Labute approximate surface area is 141 Å². The van der Waals surface area contributed by atoms with Gasteiger partial charge in [0, 0.05) is 12.1 Å². The molecule has 0 heterocycles. The summed E-state index contributed by atoms with van der Waals surface area (Å²) >= 11 is 0. The third-order valence-electron chi connectivity index (χ3n) is 3.62. The summed E-state index contributed by atoms with van der Waals surface area (Å²) in [7, 11) is 0. The van der Waals surface area contributed by atoms with Crippen LogP contribution < -0.4 is 15.8 Å². The summed E-state index contributed by atoms with van der Waals surface area (Å²) in [6.45, 7) is 4.50. The van der Waals surface area contributed by atoms with Gasteiger partial charge < -0.3 is 15.8 Å². The van der Waals surface area contributed by atoms with E-state index in [1.54, 1.807) is 18.2 Å². The molecule has 0 spiro atoms. The van der Waals surface area contributed by atoms with Crippen molar-refractivity contribution in [3.05, 3.63) is 65.2 Å². The zero-order valence-electron chi connectivity index (χ0n) is 13.9. The van der Waals surface area contributed by atoms with Crippen LogP contribution in [0, 0.1) is 0 Å². The van der Waals surface area contributed by atoms with Gasteiger partial charge in [0.2, 0.25) is 5.91 Å². The normalized spacial score (nSPS) is 10.5. The van der Waals surface area contributed by atoms with Gasteiger partial charge in [-0.2, -0.15) is 0 Å². The molecule has 2 amide bonds. The highest BCUT2D eigenvalue weighted by atomic mass is 16.5. The summed E-state index contributed by atoms with van der Waals surface area (Å²) in [6.07, 6.45) is 0. The molecule has 0 aliphatic heterocycles. The Morgan fingerprint density at radius 2 is 1.83 bits per heavy atom. The summed E-state index contributed by atoms with van der Waals surface area (Å²) < 4.78 is 5.47. The van der Waals surface area contributed by atoms with Crippen molar-refractivity contribution in [2.45, 2.75) is 26.3 Å². The number of rotatable bonds is 7. The molecule has 0 saturated heterocycles. The lowest BCUT2D eigenvalue weighted by atomic mass is 10.0. The molecule has 0 atom stereocenters. The molecule has 0 unspecified atom stereocenters. The molecular formula is C19H22N2O3. The van der Waals surface area contributed by atoms with Crippen molar-refractivity contribution >= 4 is 11.8 Å². The lowest BCUT2D eigenvalue weighted by Crippen LogP contribution is -2.28. The zero-order chi connectivity index (χ0) is 17.5. The van der Waals surface area contributed by atoms with Gasteiger partial charge in [-0.1, -0.05) is 38.1 Å². The van der Waals surface area contributed by atoms with Crippen molar-refractivity contribution in [1.29, 1.82) is 0 Å². The van der Waals surface area contributed by atoms with Gasteiger partial charge in [0.1, 0.15) is 5.75 Å². The van der Waals surface area contributed by atoms with Gasteiger partial charge in [0.15, 0.2) is 6.61 Å². The van der Waals surface area contributed by atoms with Crippen LogP contribution >= 0.6 is 0 Å². The van der Waals surface area contributed by atoms with Gasteiger partial charge in [0.05, 0.1) is 0 Å². The number of hydrogen-bond acceptors (Lipinski definition) is 3. The first kappa shape index (κ1) is 17.5. The minimum absolute atomic E-state index is 0.0590. The number of benzene rings is 2. The third kappa shape index (κ3) is 5.12. The third-order valence-corrected chi connectivity index (χ3v) is 3.62. The predicted octanol–water partition coefficient (Wildman–Crippen LogP) is 2.60. The number of hydrogen-bond donors (Lipinski definition) is 2. The molecule has 2 aromatic carbocycles. The van der Waals surface area contributed by atoms with Crippen molar-refractivity contribution < 1.29 is 14.3 Å². The first-order valence-electron chi connectivity index (χ1n) is 7.84. The monoisotopic (exact) mass is 326 g/mol. The maximum atomic E-state index is 11.9. The Morgan fingerprint density at radius 3 is 2.46 bits per heavy atom. The molecule has 0 saturated carbocycles. The molecule has 24 heavy (non-hydrogen) atoms. The van der Waals surface area contributed by atoms with Crippen LogP contribution in [-0.4, -0.2) is 18.4 Å². The highest BCUT2D eigenvalue weighted by Gasteiger charge is 2.06. The summed E-state index contributed by atoms with van der Waals surface area (Å²) in [4.78, 5) is 23.0. The van der Waals surface area contributed by atoms with Crippen LogP contribution in [0.5, 0.6) is 5.75 Å². The fraction of sp³-hybridized carbons (Fsp3) is 0.263. The highest BCUT2D eigenvalue weighted by Crippen LogP contribution is 2.18. The first-order chi connectivity index (χ1) is 11.5. The van der Waals surface area contributed by atoms with Gasteiger partial charge >= 0.3 is 0 Å². The van der Waals surface area contributed by atoms with Crippen LogP contribution in [0.1, 0.15) is 41.3 Å². The lowest BCUT2D eigenvalue weighted by Gasteiger charge is -2.10. The van der Waals surface area contributed by atoms with E-state index < -0.39 is 5.91 Å². The molecule has 2 rings (SSSR count). The van der Waals surface area contributed by atoms with Crippen LogP contribution in [0.3, 0.4) is 0 Å². The van der Waals surface area contributed by atoms with Crippen molar-refractivity contribution in [2.75, 3.05) is 6.61 Å². The molecule has 0 fully saturated rings. The molecule has 3 N–H and O–H groups in total. The van der Waals surface area contributed by atoms with E-state index in [0.717, 1.165) is 5.56 Å². The Kier molecular flexibility index (Phi) is 5.95. The largest absolute Gasteiger partial charge is 0.484 e. The SMILES string of the molecule is CC(C)c1ccc(OCC(=O)NCc2cccc(C(N)=O)c2)cc1. The minimum Gasteiger partial charge on any atom is -0.484 e. The van der Waals surface area contributed by atoms with Crippen molar-refractivity contribution in [1.82, 2.24) is 5.32 Å². The first-order valence-corrected chi connectivity index (χ1v) is 7.84. The second-order valence-electron chi connectivity index (χ2n) is 5.85. The van der Waals surface area contributed by atoms with Crippen LogP contribution in [0.15, 0.2) is 48.5 Å². The van der Waals surface area contributed by atoms with Gasteiger partial charge in [-0.3, -0.25) is 9.59 Å². The van der Waals surface area contributed by atoms with Crippen molar-refractivity contribution in [3.63, 3.8) is 0 Å². The van der Waals surface area contributed by atoms with E-state index >= 15 is 0 Å². The number of nitrogens with one attached hydrogen (secondary N) is 1. The number of amides is 2. The second-order valence-corrected chi connectivity index (χ2v) is 5.85. The molecule has 0 aliphatic rings. The van der Waals surface area contributed by atoms with Gasteiger partial charge in [-0.05, 0) is 41.3 Å². The van der Waals surface area contributed by atoms with Gasteiger partial charge in [-0.25, -0.2) is 0 Å². The summed E-state index contributed by atoms with van der Waals surface area (Å²) in [5.74, 6) is 0.396. The summed E-state index contributed by atoms with van der Waals surface area (Å²) in [6, 6.07) is 14.6. The quantitative estimate of drug-likeness (QED) is 0.820. The standard InChI is InChI=1S/C19H22N2O3/c1-13(2)15-6-8-17(9-7-15)24-12-18(22)21-11-14-4-3-5-16(10-14)19(20)23/h3-10,13H,11-12H2,1-2H3,(H2,20,23)(H,21,22). The fourth-order valence-corrected chi connectivity index (χ4v) is 2.18. The predicted molar refractivity (Wildman–Crippen MR) is 92.8 cm³/mol. The van der Waals surface area contributed by atoms with Crippen LogP contribution in [0.4, 0.5) is 0 Å². The van der Waals surface area contributed by atoms with Gasteiger partial charge in [0.25, 0.3) is 5.91 Å². The summed E-state index contributed by atoms with van der Waals surface area (Å²) in [5, 5.41) is 2.75. The van der Waals surface area contributed by atoms with Crippen molar-refractivity contribution in [2.24, 2.45) is 5.73 Å². The fourth-order valence-electron chi connectivity index (χ4n) is 2.18. The molecule has 5 nitrogen and oxygen atoms in total. The van der Waals surface area contributed by atoms with Crippen molar-refractivity contribution in [3.8, 4) is 5.75 Å². The zero-order valence-corrected chi connectivity index (χ0v) is 13.9. The number of nitrogens with two attached hydrogens (primary N) is 1. The summed E-state index contributed by atoms with van der Waals surface area (Å²) in [5.41, 5.74) is 7.68. The highest BCUT2D eigenvalue weighted by molar-refractivity contribution is 5.92. The molecule has 126 valence electrons. The van der Waals surface area contributed by atoms with E-state index in [0.29, 0.717) is 23.8 Å². The van der Waals surface area contributed by atoms with E-state index in [2.05, 4.69) is 19.2 Å². The van der Waals surface area contributed by atoms with E-state index in [9.17, 15) is 9.59 Å². The topological polar surface area (TPSA) is 81.4 Å². The Balaban J connectivity index is 1.81. The Hall–Kier alpha value is -2.82. The van der Waals surface area contributed by atoms with Crippen LogP contribution in [0.25, 0.3) is 0 Å². The maximum absolute atomic E-state index is 11.9. The Morgan fingerprint density at radius 1 is 1.12 bits per heavy atom. The Bertz CT molecular complexity index is 709. The van der Waals surface area contributed by atoms with Crippen LogP contribution in [-0.2, 0) is 11.3 Å². The molecule has 0 bridgehead atoms. The second kappa shape index (κ2) is 8.15. The molecule has 5 heteroatoms. The number of carbonyl (C=O) groups excluding carboxylic acids is 2. The van der Waals surface area contributed by atoms with Crippen LogP contribution in [0.2, 0.25) is 0 Å². The number of carbonyl (C=O) groups is 2. The average Bonchev–Trinajstić information content (AvgIpc) is 2.58. The molecule has 0 aromatic heterocycles. The molecular weight excluding hydrogens is 304 g/mol. The molecule has 0 aliphatic carbocycles. The lowest BCUT2D eigenvalue weighted by molar-refractivity contribution is -0.123. The number of primary amides is 1. The smallest absolute Gasteiger partial charge is 0.258 e. The van der Waals surface area contributed by atoms with E-state index in [4.69, 9.17) is 10.5 Å². The maximum Gasteiger partial charge on any atom is 0.258 e.